The van der Waals surface area contributed by atoms with Crippen molar-refractivity contribution in [1.29, 1.82) is 0 Å². The van der Waals surface area contributed by atoms with Gasteiger partial charge in [0, 0.05) is 56.7 Å². The van der Waals surface area contributed by atoms with Gasteiger partial charge in [0.25, 0.3) is 0 Å². The van der Waals surface area contributed by atoms with Crippen molar-refractivity contribution >= 4 is 23.5 Å². The van der Waals surface area contributed by atoms with E-state index < -0.39 is 5.92 Å². The van der Waals surface area contributed by atoms with Crippen molar-refractivity contribution in [2.24, 2.45) is 0 Å². The molecule has 2 aromatic heterocycles. The van der Waals surface area contributed by atoms with Gasteiger partial charge in [0.15, 0.2) is 5.82 Å². The van der Waals surface area contributed by atoms with Gasteiger partial charge in [-0.05, 0) is 38.5 Å². The van der Waals surface area contributed by atoms with Crippen LogP contribution in [0, 0.1) is 0 Å². The molecule has 2 fully saturated rings. The highest BCUT2D eigenvalue weighted by atomic mass is 19.3. The van der Waals surface area contributed by atoms with Crippen LogP contribution in [-0.4, -0.2) is 63.6 Å². The first-order valence-electron chi connectivity index (χ1n) is 11.4. The summed E-state index contributed by atoms with van der Waals surface area (Å²) in [6.07, 6.45) is 4.70. The summed E-state index contributed by atoms with van der Waals surface area (Å²) in [5.74, 6) is -0.913. The molecule has 1 saturated carbocycles. The molecule has 32 heavy (non-hydrogen) atoms. The molecule has 5 rings (SSSR count). The van der Waals surface area contributed by atoms with Gasteiger partial charge in [-0.1, -0.05) is 0 Å². The molecule has 3 aliphatic rings. The molecule has 1 saturated heterocycles. The van der Waals surface area contributed by atoms with Gasteiger partial charge in [-0.3, -0.25) is 9.89 Å². The van der Waals surface area contributed by atoms with Gasteiger partial charge in [-0.25, -0.2) is 13.8 Å². The monoisotopic (exact) mass is 445 g/mol. The molecule has 10 heteroatoms. The molecule has 1 amide bonds. The zero-order valence-corrected chi connectivity index (χ0v) is 18.5. The normalized spacial score (nSPS) is 24.1. The number of alkyl halides is 2. The molecule has 0 radical (unpaired) electrons. The minimum Gasteiger partial charge on any atom is -0.347 e. The maximum atomic E-state index is 13.6. The third-order valence-electron chi connectivity index (χ3n) is 6.84. The van der Waals surface area contributed by atoms with Crippen molar-refractivity contribution in [3.63, 3.8) is 0 Å². The van der Waals surface area contributed by atoms with Crippen LogP contribution in [0.5, 0.6) is 0 Å². The van der Waals surface area contributed by atoms with E-state index in [1.165, 1.54) is 0 Å². The third kappa shape index (κ3) is 3.91. The number of hydrogen-bond acceptors (Lipinski definition) is 6. The Kier molecular flexibility index (Phi) is 5.25. The number of carbonyl (C=O) groups is 1. The fourth-order valence-electron chi connectivity index (χ4n) is 5.16. The van der Waals surface area contributed by atoms with Crippen molar-refractivity contribution in [2.75, 3.05) is 30.9 Å². The molecule has 2 N–H and O–H groups in total. The summed E-state index contributed by atoms with van der Waals surface area (Å²) in [6, 6.07) is 1.56. The van der Waals surface area contributed by atoms with E-state index in [9.17, 15) is 13.6 Å². The van der Waals surface area contributed by atoms with Crippen LogP contribution < -0.4 is 10.2 Å². The lowest BCUT2D eigenvalue weighted by Gasteiger charge is -2.27. The van der Waals surface area contributed by atoms with Crippen LogP contribution in [0.2, 0.25) is 0 Å². The van der Waals surface area contributed by atoms with Crippen LogP contribution >= 0.6 is 0 Å². The SMILES string of the molecule is CN(C)C(=O)[C@@H]1CCCN1c1nc2c(c(Nc3cc([C@H]4CCC(F)(F)C4)[nH]n3)n1)CCC2. The maximum Gasteiger partial charge on any atom is 0.248 e. The number of H-pyrrole nitrogens is 1. The number of rotatable bonds is 5. The second-order valence-corrected chi connectivity index (χ2v) is 9.36. The van der Waals surface area contributed by atoms with Crippen molar-refractivity contribution in [3.8, 4) is 0 Å². The summed E-state index contributed by atoms with van der Waals surface area (Å²) in [5.41, 5.74) is 2.80. The number of aromatic amines is 1. The second-order valence-electron chi connectivity index (χ2n) is 9.36. The average molecular weight is 446 g/mol. The van der Waals surface area contributed by atoms with Gasteiger partial charge in [-0.2, -0.15) is 10.1 Å². The molecule has 1 aliphatic heterocycles. The van der Waals surface area contributed by atoms with Crippen LogP contribution in [0.4, 0.5) is 26.4 Å². The lowest BCUT2D eigenvalue weighted by molar-refractivity contribution is -0.129. The quantitative estimate of drug-likeness (QED) is 0.733. The van der Waals surface area contributed by atoms with E-state index in [2.05, 4.69) is 15.5 Å². The molecule has 2 aromatic rings. The number of nitrogens with zero attached hydrogens (tertiary/aromatic N) is 5. The number of fused-ring (bicyclic) bond motifs is 1. The highest BCUT2D eigenvalue weighted by Crippen LogP contribution is 2.44. The zero-order valence-electron chi connectivity index (χ0n) is 18.5. The summed E-state index contributed by atoms with van der Waals surface area (Å²) in [6.45, 7) is 0.741. The molecule has 172 valence electrons. The topological polar surface area (TPSA) is 90.0 Å². The fraction of sp³-hybridized carbons (Fsp3) is 0.636. The first-order chi connectivity index (χ1) is 15.3. The smallest absolute Gasteiger partial charge is 0.248 e. The minimum atomic E-state index is -2.60. The molecule has 0 aromatic carbocycles. The third-order valence-corrected chi connectivity index (χ3v) is 6.84. The number of likely N-dealkylation sites (N-methyl/N-ethyl adjacent to an activating group) is 1. The van der Waals surface area contributed by atoms with Crippen molar-refractivity contribution in [2.45, 2.75) is 69.2 Å². The number of halogens is 2. The fourth-order valence-corrected chi connectivity index (χ4v) is 5.16. The first kappa shape index (κ1) is 21.1. The predicted molar refractivity (Wildman–Crippen MR) is 117 cm³/mol. The number of aryl methyl sites for hydroxylation is 1. The lowest BCUT2D eigenvalue weighted by Crippen LogP contribution is -2.43. The standard InChI is InChI=1S/C22H29F2N7O/c1-30(2)20(32)17-7-4-10-31(17)21-25-15-6-3-5-14(15)19(27-21)26-18-11-16(28-29-18)13-8-9-22(23,24)12-13/h11,13,17H,3-10,12H2,1-2H3,(H2,25,26,27,28,29)/t13-,17-/m0/s1. The summed E-state index contributed by atoms with van der Waals surface area (Å²) < 4.78 is 27.2. The Hall–Kier alpha value is -2.78. The van der Waals surface area contributed by atoms with Crippen LogP contribution in [0.1, 0.15) is 61.4 Å². The number of carbonyl (C=O) groups excluding carboxylic acids is 1. The van der Waals surface area contributed by atoms with Gasteiger partial charge in [-0.15, -0.1) is 0 Å². The number of anilines is 3. The van der Waals surface area contributed by atoms with E-state index in [4.69, 9.17) is 9.97 Å². The van der Waals surface area contributed by atoms with Crippen molar-refractivity contribution in [1.82, 2.24) is 25.1 Å². The molecular weight excluding hydrogens is 416 g/mol. The Morgan fingerprint density at radius 2 is 2.09 bits per heavy atom. The van der Waals surface area contributed by atoms with E-state index in [1.807, 2.05) is 11.0 Å². The number of nitrogens with one attached hydrogen (secondary N) is 2. The Morgan fingerprint density at radius 3 is 2.84 bits per heavy atom. The van der Waals surface area contributed by atoms with E-state index in [0.717, 1.165) is 55.6 Å². The van der Waals surface area contributed by atoms with Gasteiger partial charge < -0.3 is 15.1 Å². The maximum absolute atomic E-state index is 13.6. The number of aromatic nitrogens is 4. The molecule has 2 aliphatic carbocycles. The molecule has 2 atom stereocenters. The molecule has 0 bridgehead atoms. The van der Waals surface area contributed by atoms with E-state index in [1.54, 1.807) is 19.0 Å². The summed E-state index contributed by atoms with van der Waals surface area (Å²) in [5, 5.41) is 10.5. The summed E-state index contributed by atoms with van der Waals surface area (Å²) >= 11 is 0. The Labute approximate surface area is 185 Å². The molecule has 0 unspecified atom stereocenters. The molecule has 3 heterocycles. The first-order valence-corrected chi connectivity index (χ1v) is 11.4. The highest BCUT2D eigenvalue weighted by Gasteiger charge is 2.40. The van der Waals surface area contributed by atoms with Gasteiger partial charge in [0.2, 0.25) is 17.8 Å². The number of amides is 1. The predicted octanol–water partition coefficient (Wildman–Crippen LogP) is 3.39. The van der Waals surface area contributed by atoms with Crippen molar-refractivity contribution in [3.05, 3.63) is 23.0 Å². The van der Waals surface area contributed by atoms with Gasteiger partial charge in [0.1, 0.15) is 11.9 Å². The highest BCUT2D eigenvalue weighted by molar-refractivity contribution is 5.85. The van der Waals surface area contributed by atoms with Crippen LogP contribution in [0.25, 0.3) is 0 Å². The Bertz CT molecular complexity index is 1020. The Morgan fingerprint density at radius 1 is 1.25 bits per heavy atom. The second kappa shape index (κ2) is 7.97. The summed E-state index contributed by atoms with van der Waals surface area (Å²) in [7, 11) is 3.54. The number of hydrogen-bond donors (Lipinski definition) is 2. The van der Waals surface area contributed by atoms with Crippen LogP contribution in [0.15, 0.2) is 6.07 Å². The van der Waals surface area contributed by atoms with Gasteiger partial charge >= 0.3 is 0 Å². The van der Waals surface area contributed by atoms with Crippen LogP contribution in [0.3, 0.4) is 0 Å². The molecular formula is C22H29F2N7O. The van der Waals surface area contributed by atoms with Crippen molar-refractivity contribution < 1.29 is 13.6 Å². The zero-order chi connectivity index (χ0) is 22.5. The lowest BCUT2D eigenvalue weighted by atomic mass is 10.0. The molecule has 8 nitrogen and oxygen atoms in total. The van der Waals surface area contributed by atoms with Crippen LogP contribution in [-0.2, 0) is 17.6 Å². The Balaban J connectivity index is 1.40. The average Bonchev–Trinajstić information content (AvgIpc) is 3.53. The molecule has 0 spiro atoms. The van der Waals surface area contributed by atoms with E-state index in [0.29, 0.717) is 24.0 Å². The van der Waals surface area contributed by atoms with E-state index >= 15 is 0 Å². The minimum absolute atomic E-state index is 0.0615. The van der Waals surface area contributed by atoms with E-state index in [-0.39, 0.29) is 30.7 Å². The largest absolute Gasteiger partial charge is 0.347 e. The van der Waals surface area contributed by atoms with Gasteiger partial charge in [0.05, 0.1) is 5.69 Å². The summed E-state index contributed by atoms with van der Waals surface area (Å²) in [4.78, 5) is 25.9.